The molecule has 2 atom stereocenters. The second-order valence-corrected chi connectivity index (χ2v) is 6.45. The SMILES string of the molecule is BrCC1CCCC(c2csc(Br)c2)O1. The van der Waals surface area contributed by atoms with Gasteiger partial charge in [0.2, 0.25) is 0 Å². The lowest BCUT2D eigenvalue weighted by atomic mass is 10.0. The molecule has 2 rings (SSSR count). The van der Waals surface area contributed by atoms with Crippen LogP contribution in [0.1, 0.15) is 30.9 Å². The zero-order chi connectivity index (χ0) is 9.97. The van der Waals surface area contributed by atoms with Crippen molar-refractivity contribution in [2.75, 3.05) is 5.33 Å². The molecular weight excluding hydrogens is 328 g/mol. The Bertz CT molecular complexity index is 300. The second-order valence-electron chi connectivity index (χ2n) is 3.52. The first-order valence-corrected chi connectivity index (χ1v) is 7.54. The van der Waals surface area contributed by atoms with E-state index in [4.69, 9.17) is 4.74 Å². The molecule has 1 aliphatic heterocycles. The Kier molecular flexibility index (Phi) is 4.05. The van der Waals surface area contributed by atoms with E-state index in [1.165, 1.54) is 22.2 Å². The standard InChI is InChI=1S/C10H12Br2OS/c11-5-8-2-1-3-9(13-8)7-4-10(12)14-6-7/h4,6,8-9H,1-3,5H2. The molecule has 14 heavy (non-hydrogen) atoms. The largest absolute Gasteiger partial charge is 0.369 e. The van der Waals surface area contributed by atoms with Crippen molar-refractivity contribution in [2.45, 2.75) is 31.5 Å². The minimum atomic E-state index is 0.314. The monoisotopic (exact) mass is 338 g/mol. The van der Waals surface area contributed by atoms with E-state index in [9.17, 15) is 0 Å². The van der Waals surface area contributed by atoms with Crippen LogP contribution in [-0.4, -0.2) is 11.4 Å². The minimum Gasteiger partial charge on any atom is -0.369 e. The number of hydrogen-bond donors (Lipinski definition) is 0. The highest BCUT2D eigenvalue weighted by atomic mass is 79.9. The molecule has 0 aliphatic carbocycles. The van der Waals surface area contributed by atoms with Crippen molar-refractivity contribution < 1.29 is 4.74 Å². The molecule has 4 heteroatoms. The van der Waals surface area contributed by atoms with Crippen molar-refractivity contribution >= 4 is 43.2 Å². The van der Waals surface area contributed by atoms with Crippen LogP contribution in [0, 0.1) is 0 Å². The smallest absolute Gasteiger partial charge is 0.0837 e. The summed E-state index contributed by atoms with van der Waals surface area (Å²) in [7, 11) is 0. The van der Waals surface area contributed by atoms with Crippen LogP contribution in [-0.2, 0) is 4.74 Å². The van der Waals surface area contributed by atoms with Crippen molar-refractivity contribution in [3.05, 3.63) is 20.8 Å². The van der Waals surface area contributed by atoms with Crippen LogP contribution in [0.2, 0.25) is 0 Å². The number of hydrogen-bond acceptors (Lipinski definition) is 2. The number of halogens is 2. The molecule has 0 aromatic carbocycles. The van der Waals surface area contributed by atoms with E-state index in [1.807, 2.05) is 0 Å². The molecular formula is C10H12Br2OS. The predicted octanol–water partition coefficient (Wildman–Crippen LogP) is 4.52. The van der Waals surface area contributed by atoms with Gasteiger partial charge in [0, 0.05) is 5.33 Å². The normalized spacial score (nSPS) is 27.9. The van der Waals surface area contributed by atoms with Crippen molar-refractivity contribution in [2.24, 2.45) is 0 Å². The van der Waals surface area contributed by atoms with Crippen LogP contribution >= 0.6 is 43.2 Å². The molecule has 0 spiro atoms. The molecule has 1 aromatic rings. The molecule has 1 aromatic heterocycles. The molecule has 1 saturated heterocycles. The van der Waals surface area contributed by atoms with Gasteiger partial charge in [-0.05, 0) is 52.2 Å². The summed E-state index contributed by atoms with van der Waals surface area (Å²) < 4.78 is 7.17. The second kappa shape index (κ2) is 5.10. The Labute approximate surface area is 105 Å². The third kappa shape index (κ3) is 2.60. The molecule has 0 amide bonds. The summed E-state index contributed by atoms with van der Waals surface area (Å²) in [6.07, 6.45) is 4.33. The highest BCUT2D eigenvalue weighted by molar-refractivity contribution is 9.11. The Morgan fingerprint density at radius 2 is 2.36 bits per heavy atom. The van der Waals surface area contributed by atoms with Crippen LogP contribution < -0.4 is 0 Å². The maximum atomic E-state index is 5.97. The molecule has 0 N–H and O–H groups in total. The molecule has 0 saturated carbocycles. The number of thiophene rings is 1. The summed E-state index contributed by atoms with van der Waals surface area (Å²) in [5, 5.41) is 3.14. The quantitative estimate of drug-likeness (QED) is 0.720. The minimum absolute atomic E-state index is 0.314. The number of ether oxygens (including phenoxy) is 1. The number of rotatable bonds is 2. The van der Waals surface area contributed by atoms with Gasteiger partial charge in [-0.25, -0.2) is 0 Å². The van der Waals surface area contributed by atoms with Crippen LogP contribution in [0.5, 0.6) is 0 Å². The van der Waals surface area contributed by atoms with Gasteiger partial charge in [-0.15, -0.1) is 11.3 Å². The highest BCUT2D eigenvalue weighted by Gasteiger charge is 2.23. The first-order valence-electron chi connectivity index (χ1n) is 4.75. The van der Waals surface area contributed by atoms with E-state index < -0.39 is 0 Å². The third-order valence-corrected chi connectivity index (χ3v) is 4.73. The topological polar surface area (TPSA) is 9.23 Å². The average Bonchev–Trinajstić information content (AvgIpc) is 2.65. The Hall–Kier alpha value is 0.620. The first kappa shape index (κ1) is 11.1. The lowest BCUT2D eigenvalue weighted by Gasteiger charge is -2.28. The van der Waals surface area contributed by atoms with E-state index >= 15 is 0 Å². The summed E-state index contributed by atoms with van der Waals surface area (Å²) >= 11 is 8.70. The number of alkyl halides is 1. The highest BCUT2D eigenvalue weighted by Crippen LogP contribution is 2.35. The summed E-state index contributed by atoms with van der Waals surface area (Å²) in [5.74, 6) is 0. The van der Waals surface area contributed by atoms with Crippen LogP contribution in [0.4, 0.5) is 0 Å². The maximum absolute atomic E-state index is 5.97. The Morgan fingerprint density at radius 3 is 3.00 bits per heavy atom. The average molecular weight is 340 g/mol. The van der Waals surface area contributed by atoms with Gasteiger partial charge in [-0.3, -0.25) is 0 Å². The molecule has 1 fully saturated rings. The molecule has 2 heterocycles. The van der Waals surface area contributed by atoms with Gasteiger partial charge in [0.15, 0.2) is 0 Å². The lowest BCUT2D eigenvalue weighted by Crippen LogP contribution is -2.23. The summed E-state index contributed by atoms with van der Waals surface area (Å²) in [6.45, 7) is 0. The van der Waals surface area contributed by atoms with Gasteiger partial charge in [-0.2, -0.15) is 0 Å². The van der Waals surface area contributed by atoms with Gasteiger partial charge >= 0.3 is 0 Å². The molecule has 0 radical (unpaired) electrons. The fourth-order valence-corrected chi connectivity index (χ4v) is 3.44. The van der Waals surface area contributed by atoms with Crippen molar-refractivity contribution in [1.29, 1.82) is 0 Å². The molecule has 1 aliphatic rings. The maximum Gasteiger partial charge on any atom is 0.0837 e. The summed E-state index contributed by atoms with van der Waals surface area (Å²) in [6, 6.07) is 2.17. The van der Waals surface area contributed by atoms with Gasteiger partial charge < -0.3 is 4.74 Å². The fourth-order valence-electron chi connectivity index (χ4n) is 1.75. The van der Waals surface area contributed by atoms with Crippen LogP contribution in [0.15, 0.2) is 15.2 Å². The van der Waals surface area contributed by atoms with E-state index in [0.717, 1.165) is 11.8 Å². The van der Waals surface area contributed by atoms with Crippen molar-refractivity contribution in [3.63, 3.8) is 0 Å². The van der Waals surface area contributed by atoms with E-state index in [0.29, 0.717) is 12.2 Å². The molecule has 1 nitrogen and oxygen atoms in total. The molecule has 0 bridgehead atoms. The first-order chi connectivity index (χ1) is 6.79. The molecule has 78 valence electrons. The van der Waals surface area contributed by atoms with E-state index in [-0.39, 0.29) is 0 Å². The summed E-state index contributed by atoms with van der Waals surface area (Å²) in [5.41, 5.74) is 1.33. The predicted molar refractivity (Wildman–Crippen MR) is 67.3 cm³/mol. The van der Waals surface area contributed by atoms with Gasteiger partial charge in [0.1, 0.15) is 0 Å². The molecule has 2 unspecified atom stereocenters. The zero-order valence-corrected chi connectivity index (χ0v) is 11.7. The van der Waals surface area contributed by atoms with E-state index in [1.54, 1.807) is 11.3 Å². The van der Waals surface area contributed by atoms with Crippen molar-refractivity contribution in [1.82, 2.24) is 0 Å². The fraction of sp³-hybridized carbons (Fsp3) is 0.600. The lowest BCUT2D eigenvalue weighted by molar-refractivity contribution is -0.0381. The van der Waals surface area contributed by atoms with Crippen molar-refractivity contribution in [3.8, 4) is 0 Å². The zero-order valence-electron chi connectivity index (χ0n) is 7.71. The third-order valence-electron chi connectivity index (χ3n) is 2.48. The van der Waals surface area contributed by atoms with Gasteiger partial charge in [0.25, 0.3) is 0 Å². The van der Waals surface area contributed by atoms with Gasteiger partial charge in [-0.1, -0.05) is 15.9 Å². The Morgan fingerprint density at radius 1 is 1.50 bits per heavy atom. The summed E-state index contributed by atoms with van der Waals surface area (Å²) in [4.78, 5) is 0. The van der Waals surface area contributed by atoms with Gasteiger partial charge in [0.05, 0.1) is 16.0 Å². The van der Waals surface area contributed by atoms with Crippen LogP contribution in [0.3, 0.4) is 0 Å². The van der Waals surface area contributed by atoms with E-state index in [2.05, 4.69) is 43.3 Å². The Balaban J connectivity index is 2.04. The van der Waals surface area contributed by atoms with Crippen LogP contribution in [0.25, 0.3) is 0 Å².